The summed E-state index contributed by atoms with van der Waals surface area (Å²) in [6.07, 6.45) is 3.32. The van der Waals surface area contributed by atoms with Crippen LogP contribution in [0.15, 0.2) is 12.4 Å². The molecule has 3 N–H and O–H groups in total. The predicted molar refractivity (Wildman–Crippen MR) is 63.5 cm³/mol. The lowest BCUT2D eigenvalue weighted by atomic mass is 10.3. The molecular formula is C10H14N6O. The normalized spacial score (nSPS) is 10.5. The molecular weight excluding hydrogens is 220 g/mol. The molecule has 0 spiro atoms. The molecule has 0 aliphatic heterocycles. The molecule has 17 heavy (non-hydrogen) atoms. The van der Waals surface area contributed by atoms with Gasteiger partial charge in [0.1, 0.15) is 0 Å². The van der Waals surface area contributed by atoms with Gasteiger partial charge in [0.25, 0.3) is 5.91 Å². The topological polar surface area (TPSA) is 90.8 Å². The van der Waals surface area contributed by atoms with Crippen LogP contribution in [0.1, 0.15) is 16.2 Å². The van der Waals surface area contributed by atoms with E-state index in [-0.39, 0.29) is 11.6 Å². The summed E-state index contributed by atoms with van der Waals surface area (Å²) in [5, 5.41) is 10.8. The van der Waals surface area contributed by atoms with E-state index in [0.717, 1.165) is 5.69 Å². The van der Waals surface area contributed by atoms with Gasteiger partial charge in [0.2, 0.25) is 0 Å². The van der Waals surface area contributed by atoms with E-state index in [1.165, 1.54) is 4.68 Å². The van der Waals surface area contributed by atoms with Crippen LogP contribution in [0.5, 0.6) is 0 Å². The van der Waals surface area contributed by atoms with Crippen LogP contribution >= 0.6 is 0 Å². The predicted octanol–water partition coefficient (Wildman–Crippen LogP) is 0.297. The first-order chi connectivity index (χ1) is 7.97. The molecule has 0 unspecified atom stereocenters. The molecule has 0 fully saturated rings. The Kier molecular flexibility index (Phi) is 2.58. The zero-order chi connectivity index (χ0) is 12.6. The lowest BCUT2D eigenvalue weighted by Crippen LogP contribution is -2.14. The van der Waals surface area contributed by atoms with Crippen molar-refractivity contribution in [1.82, 2.24) is 19.6 Å². The molecule has 7 nitrogen and oxygen atoms in total. The molecule has 2 aromatic rings. The van der Waals surface area contributed by atoms with Crippen molar-refractivity contribution in [2.75, 3.05) is 11.1 Å². The molecule has 0 saturated carbocycles. The number of nitrogen functional groups attached to an aromatic ring is 1. The van der Waals surface area contributed by atoms with Crippen molar-refractivity contribution in [3.05, 3.63) is 23.8 Å². The Balaban J connectivity index is 2.22. The third-order valence-corrected chi connectivity index (χ3v) is 2.33. The van der Waals surface area contributed by atoms with Crippen molar-refractivity contribution in [2.24, 2.45) is 14.1 Å². The molecule has 0 atom stereocenters. The van der Waals surface area contributed by atoms with E-state index >= 15 is 0 Å². The van der Waals surface area contributed by atoms with Crippen molar-refractivity contribution in [3.63, 3.8) is 0 Å². The van der Waals surface area contributed by atoms with Gasteiger partial charge in [0, 0.05) is 26.5 Å². The van der Waals surface area contributed by atoms with Gasteiger partial charge in [-0.15, -0.1) is 0 Å². The first-order valence-electron chi connectivity index (χ1n) is 5.08. The first kappa shape index (κ1) is 11.2. The number of amides is 1. The average Bonchev–Trinajstić information content (AvgIpc) is 2.70. The van der Waals surface area contributed by atoms with Crippen LogP contribution in [-0.4, -0.2) is 25.5 Å². The highest BCUT2D eigenvalue weighted by Crippen LogP contribution is 2.15. The number of rotatable bonds is 2. The third-order valence-electron chi connectivity index (χ3n) is 2.33. The van der Waals surface area contributed by atoms with E-state index in [9.17, 15) is 4.79 Å². The second-order valence-corrected chi connectivity index (χ2v) is 3.86. The Morgan fingerprint density at radius 3 is 2.41 bits per heavy atom. The minimum atomic E-state index is -0.334. The van der Waals surface area contributed by atoms with Crippen LogP contribution in [-0.2, 0) is 14.1 Å². The molecule has 2 aromatic heterocycles. The summed E-state index contributed by atoms with van der Waals surface area (Å²) in [7, 11) is 3.50. The van der Waals surface area contributed by atoms with E-state index < -0.39 is 0 Å². The monoisotopic (exact) mass is 234 g/mol. The van der Waals surface area contributed by atoms with Gasteiger partial charge in [0.05, 0.1) is 17.1 Å². The molecule has 7 heteroatoms. The highest BCUT2D eigenvalue weighted by molar-refractivity contribution is 6.06. The van der Waals surface area contributed by atoms with E-state index in [1.54, 1.807) is 31.2 Å². The zero-order valence-electron chi connectivity index (χ0n) is 9.93. The first-order valence-corrected chi connectivity index (χ1v) is 5.08. The van der Waals surface area contributed by atoms with Gasteiger partial charge >= 0.3 is 0 Å². The maximum absolute atomic E-state index is 11.9. The summed E-state index contributed by atoms with van der Waals surface area (Å²) in [5.41, 5.74) is 7.65. The average molecular weight is 234 g/mol. The molecule has 0 saturated heterocycles. The second-order valence-electron chi connectivity index (χ2n) is 3.86. The molecule has 0 aliphatic rings. The lowest BCUT2D eigenvalue weighted by molar-refractivity contribution is 0.102. The molecule has 0 aromatic carbocycles. The Morgan fingerprint density at radius 2 is 1.94 bits per heavy atom. The summed E-state index contributed by atoms with van der Waals surface area (Å²) >= 11 is 0. The standard InChI is InChI=1S/C10H14N6O/c1-6-8(5-16(3)13-6)12-10(17)9-7(11)4-15(2)14-9/h4-5H,11H2,1-3H3,(H,12,17). The highest BCUT2D eigenvalue weighted by atomic mass is 16.2. The summed E-state index contributed by atoms with van der Waals surface area (Å²) < 4.78 is 3.13. The van der Waals surface area contributed by atoms with Gasteiger partial charge < -0.3 is 11.1 Å². The highest BCUT2D eigenvalue weighted by Gasteiger charge is 2.15. The van der Waals surface area contributed by atoms with Crippen LogP contribution in [0.4, 0.5) is 11.4 Å². The maximum atomic E-state index is 11.9. The van der Waals surface area contributed by atoms with Gasteiger partial charge in [-0.3, -0.25) is 14.2 Å². The van der Waals surface area contributed by atoms with E-state index in [2.05, 4.69) is 15.5 Å². The largest absolute Gasteiger partial charge is 0.396 e. The molecule has 90 valence electrons. The molecule has 1 amide bonds. The van der Waals surface area contributed by atoms with Crippen molar-refractivity contribution in [2.45, 2.75) is 6.92 Å². The van der Waals surface area contributed by atoms with E-state index in [1.807, 2.05) is 6.92 Å². The Hall–Kier alpha value is -2.31. The van der Waals surface area contributed by atoms with Crippen molar-refractivity contribution in [1.29, 1.82) is 0 Å². The number of carbonyl (C=O) groups excluding carboxylic acids is 1. The number of nitrogens with two attached hydrogens (primary N) is 1. The molecule has 2 rings (SSSR count). The Labute approximate surface area is 98.2 Å². The molecule has 2 heterocycles. The van der Waals surface area contributed by atoms with Gasteiger partial charge in [-0.05, 0) is 6.92 Å². The van der Waals surface area contributed by atoms with Gasteiger partial charge in [0.15, 0.2) is 5.69 Å². The minimum absolute atomic E-state index is 0.218. The zero-order valence-corrected chi connectivity index (χ0v) is 9.93. The molecule has 0 bridgehead atoms. The lowest BCUT2D eigenvalue weighted by Gasteiger charge is -2.01. The summed E-state index contributed by atoms with van der Waals surface area (Å²) in [6, 6.07) is 0. The smallest absolute Gasteiger partial charge is 0.278 e. The van der Waals surface area contributed by atoms with Crippen molar-refractivity contribution in [3.8, 4) is 0 Å². The minimum Gasteiger partial charge on any atom is -0.396 e. The number of hydrogen-bond donors (Lipinski definition) is 2. The van der Waals surface area contributed by atoms with Crippen LogP contribution in [0.25, 0.3) is 0 Å². The number of hydrogen-bond acceptors (Lipinski definition) is 4. The van der Waals surface area contributed by atoms with Gasteiger partial charge in [-0.25, -0.2) is 0 Å². The third kappa shape index (κ3) is 2.12. The van der Waals surface area contributed by atoms with E-state index in [0.29, 0.717) is 11.4 Å². The van der Waals surface area contributed by atoms with Crippen LogP contribution in [0, 0.1) is 6.92 Å². The van der Waals surface area contributed by atoms with Crippen molar-refractivity contribution < 1.29 is 4.79 Å². The number of aryl methyl sites for hydroxylation is 3. The fourth-order valence-corrected chi connectivity index (χ4v) is 1.59. The van der Waals surface area contributed by atoms with Gasteiger partial charge in [-0.1, -0.05) is 0 Å². The van der Waals surface area contributed by atoms with Crippen LogP contribution < -0.4 is 11.1 Å². The maximum Gasteiger partial charge on any atom is 0.278 e. The second kappa shape index (κ2) is 3.93. The fraction of sp³-hybridized carbons (Fsp3) is 0.300. The van der Waals surface area contributed by atoms with Crippen LogP contribution in [0.3, 0.4) is 0 Å². The van der Waals surface area contributed by atoms with Gasteiger partial charge in [-0.2, -0.15) is 10.2 Å². The van der Waals surface area contributed by atoms with Crippen molar-refractivity contribution >= 4 is 17.3 Å². The Bertz CT molecular complexity index is 567. The quantitative estimate of drug-likeness (QED) is 0.781. The number of anilines is 2. The SMILES string of the molecule is Cc1nn(C)cc1NC(=O)c1nn(C)cc1N. The fourth-order valence-electron chi connectivity index (χ4n) is 1.59. The molecule has 0 aliphatic carbocycles. The summed E-state index contributed by atoms with van der Waals surface area (Å²) in [4.78, 5) is 11.9. The molecule has 0 radical (unpaired) electrons. The Morgan fingerprint density at radius 1 is 1.29 bits per heavy atom. The number of nitrogens with one attached hydrogen (secondary N) is 1. The van der Waals surface area contributed by atoms with E-state index in [4.69, 9.17) is 5.73 Å². The summed E-state index contributed by atoms with van der Waals surface area (Å²) in [5.74, 6) is -0.334. The van der Waals surface area contributed by atoms with Crippen LogP contribution in [0.2, 0.25) is 0 Å². The number of aromatic nitrogens is 4. The number of nitrogens with zero attached hydrogens (tertiary/aromatic N) is 4. The number of carbonyl (C=O) groups is 1. The summed E-state index contributed by atoms with van der Waals surface area (Å²) in [6.45, 7) is 1.82.